The molecule has 1 aliphatic heterocycles. The first-order valence-corrected chi connectivity index (χ1v) is 9.52. The van der Waals surface area contributed by atoms with Crippen molar-refractivity contribution >= 4 is 6.03 Å². The van der Waals surface area contributed by atoms with Crippen LogP contribution in [0.5, 0.6) is 5.75 Å². The molecule has 2 aromatic rings. The Bertz CT molecular complexity index is 827. The first kappa shape index (κ1) is 19.0. The molecule has 0 fully saturated rings. The van der Waals surface area contributed by atoms with Gasteiger partial charge in [0.1, 0.15) is 18.2 Å². The molecule has 2 N–H and O–H groups in total. The topological polar surface area (TPSA) is 90.2 Å². The fourth-order valence-corrected chi connectivity index (χ4v) is 3.13. The normalized spacial score (nSPS) is 13.1. The number of para-hydroxylation sites is 1. The number of carbonyl (C=O) groups is 1. The maximum absolute atomic E-state index is 12.2. The Labute approximate surface area is 158 Å². The number of ether oxygens (including phenoxy) is 1. The van der Waals surface area contributed by atoms with Crippen LogP contribution in [0.15, 0.2) is 29.1 Å². The van der Waals surface area contributed by atoms with E-state index < -0.39 is 0 Å². The molecule has 0 saturated carbocycles. The molecule has 0 saturated heterocycles. The van der Waals surface area contributed by atoms with E-state index in [1.807, 2.05) is 31.2 Å². The number of carbonyl (C=O) groups excluding carboxylic acids is 1. The largest absolute Gasteiger partial charge is 0.491 e. The minimum atomic E-state index is -0.236. The van der Waals surface area contributed by atoms with E-state index in [-0.39, 0.29) is 11.7 Å². The Morgan fingerprint density at radius 1 is 1.22 bits per heavy atom. The van der Waals surface area contributed by atoms with Crippen molar-refractivity contribution < 1.29 is 9.53 Å². The molecule has 0 aliphatic carbocycles. The molecule has 2 heterocycles. The minimum Gasteiger partial charge on any atom is -0.491 e. The molecule has 0 radical (unpaired) electrons. The zero-order chi connectivity index (χ0) is 19.1. The Morgan fingerprint density at radius 2 is 2.04 bits per heavy atom. The van der Waals surface area contributed by atoms with Crippen LogP contribution in [-0.2, 0) is 19.5 Å². The third kappa shape index (κ3) is 5.12. The van der Waals surface area contributed by atoms with Crippen molar-refractivity contribution in [3.05, 3.63) is 46.1 Å². The number of urea groups is 1. The highest BCUT2D eigenvalue weighted by molar-refractivity contribution is 5.73. The summed E-state index contributed by atoms with van der Waals surface area (Å²) in [5.74, 6) is 1.71. The van der Waals surface area contributed by atoms with Gasteiger partial charge in [-0.2, -0.15) is 5.10 Å². The lowest BCUT2D eigenvalue weighted by atomic mass is 10.2. The molecule has 0 spiro atoms. The number of benzene rings is 1. The third-order valence-corrected chi connectivity index (χ3v) is 4.60. The first-order chi connectivity index (χ1) is 13.1. The van der Waals surface area contributed by atoms with Gasteiger partial charge < -0.3 is 15.4 Å². The molecule has 0 unspecified atom stereocenters. The van der Waals surface area contributed by atoms with Crippen molar-refractivity contribution in [3.63, 3.8) is 0 Å². The van der Waals surface area contributed by atoms with Gasteiger partial charge in [0.05, 0.1) is 6.54 Å². The summed E-state index contributed by atoms with van der Waals surface area (Å²) in [4.78, 5) is 24.0. The van der Waals surface area contributed by atoms with Crippen molar-refractivity contribution in [1.29, 1.82) is 0 Å². The van der Waals surface area contributed by atoms with Crippen molar-refractivity contribution in [1.82, 2.24) is 25.0 Å². The van der Waals surface area contributed by atoms with Crippen LogP contribution in [0.1, 0.15) is 30.7 Å². The number of fused-ring (bicyclic) bond motifs is 1. The Balaban J connectivity index is 1.30. The molecular formula is C19H27N5O3. The predicted octanol–water partition coefficient (Wildman–Crippen LogP) is 1.46. The lowest BCUT2D eigenvalue weighted by Gasteiger charge is -2.10. The lowest BCUT2D eigenvalue weighted by Crippen LogP contribution is -2.38. The van der Waals surface area contributed by atoms with Gasteiger partial charge in [-0.15, -0.1) is 0 Å². The highest BCUT2D eigenvalue weighted by atomic mass is 16.5. The van der Waals surface area contributed by atoms with E-state index in [0.29, 0.717) is 32.7 Å². The highest BCUT2D eigenvalue weighted by Gasteiger charge is 2.16. The Kier molecular flexibility index (Phi) is 6.51. The van der Waals surface area contributed by atoms with Gasteiger partial charge in [0, 0.05) is 26.1 Å². The second kappa shape index (κ2) is 9.25. The summed E-state index contributed by atoms with van der Waals surface area (Å²) in [5, 5.41) is 9.93. The molecule has 146 valence electrons. The molecule has 8 nitrogen and oxygen atoms in total. The van der Waals surface area contributed by atoms with Crippen LogP contribution in [-0.4, -0.2) is 40.1 Å². The van der Waals surface area contributed by atoms with Gasteiger partial charge in [0.2, 0.25) is 0 Å². The molecule has 1 aromatic carbocycles. The second-order valence-electron chi connectivity index (χ2n) is 6.68. The van der Waals surface area contributed by atoms with Gasteiger partial charge in [-0.05, 0) is 37.8 Å². The van der Waals surface area contributed by atoms with Gasteiger partial charge in [0.25, 0.3) is 0 Å². The maximum atomic E-state index is 12.2. The zero-order valence-electron chi connectivity index (χ0n) is 15.7. The molecule has 8 heteroatoms. The predicted molar refractivity (Wildman–Crippen MR) is 102 cm³/mol. The number of amides is 2. The third-order valence-electron chi connectivity index (χ3n) is 4.60. The fraction of sp³-hybridized carbons (Fsp3) is 0.526. The number of aryl methyl sites for hydroxylation is 3. The van der Waals surface area contributed by atoms with Crippen LogP contribution in [0.2, 0.25) is 0 Å². The summed E-state index contributed by atoms with van der Waals surface area (Å²) >= 11 is 0. The summed E-state index contributed by atoms with van der Waals surface area (Å²) in [7, 11) is 0. The van der Waals surface area contributed by atoms with Gasteiger partial charge in [-0.3, -0.25) is 4.57 Å². The van der Waals surface area contributed by atoms with E-state index in [0.717, 1.165) is 42.9 Å². The molecule has 2 amide bonds. The van der Waals surface area contributed by atoms with E-state index in [4.69, 9.17) is 4.74 Å². The molecular weight excluding hydrogens is 346 g/mol. The zero-order valence-corrected chi connectivity index (χ0v) is 15.7. The van der Waals surface area contributed by atoms with E-state index in [1.54, 1.807) is 4.57 Å². The molecule has 0 atom stereocenters. The average Bonchev–Trinajstić information content (AvgIpc) is 3.00. The van der Waals surface area contributed by atoms with Gasteiger partial charge in [-0.25, -0.2) is 14.3 Å². The number of nitrogens with one attached hydrogen (secondary N) is 2. The summed E-state index contributed by atoms with van der Waals surface area (Å²) in [5.41, 5.74) is 1.03. The second-order valence-corrected chi connectivity index (χ2v) is 6.68. The van der Waals surface area contributed by atoms with Crippen LogP contribution in [0.4, 0.5) is 4.79 Å². The number of nitrogens with zero attached hydrogens (tertiary/aromatic N) is 3. The Hall–Kier alpha value is -2.77. The van der Waals surface area contributed by atoms with E-state index >= 15 is 0 Å². The molecule has 3 rings (SSSR count). The SMILES string of the molecule is Cc1ccccc1OCCNC(=O)NCCCn1nc2n(c1=O)CCCC2. The monoisotopic (exact) mass is 373 g/mol. The van der Waals surface area contributed by atoms with E-state index in [2.05, 4.69) is 15.7 Å². The van der Waals surface area contributed by atoms with Crippen molar-refractivity contribution in [3.8, 4) is 5.75 Å². The van der Waals surface area contributed by atoms with E-state index in [9.17, 15) is 9.59 Å². The molecule has 1 aliphatic rings. The van der Waals surface area contributed by atoms with Gasteiger partial charge in [0.15, 0.2) is 0 Å². The van der Waals surface area contributed by atoms with E-state index in [1.165, 1.54) is 4.68 Å². The quantitative estimate of drug-likeness (QED) is 0.686. The molecule has 1 aromatic heterocycles. The maximum Gasteiger partial charge on any atom is 0.345 e. The first-order valence-electron chi connectivity index (χ1n) is 9.52. The van der Waals surface area contributed by atoms with Crippen molar-refractivity contribution in [2.24, 2.45) is 0 Å². The van der Waals surface area contributed by atoms with Crippen LogP contribution >= 0.6 is 0 Å². The highest BCUT2D eigenvalue weighted by Crippen LogP contribution is 2.15. The van der Waals surface area contributed by atoms with Crippen LogP contribution in [0, 0.1) is 6.92 Å². The van der Waals surface area contributed by atoms with Crippen LogP contribution in [0.3, 0.4) is 0 Å². The molecule has 0 bridgehead atoms. The lowest BCUT2D eigenvalue weighted by molar-refractivity contribution is 0.236. The number of aromatic nitrogens is 3. The minimum absolute atomic E-state index is 0.0393. The summed E-state index contributed by atoms with van der Waals surface area (Å²) in [6, 6.07) is 7.54. The number of hydrogen-bond acceptors (Lipinski definition) is 4. The van der Waals surface area contributed by atoms with Crippen LogP contribution in [0.25, 0.3) is 0 Å². The summed E-state index contributed by atoms with van der Waals surface area (Å²) in [6.07, 6.45) is 3.65. The number of hydrogen-bond donors (Lipinski definition) is 2. The standard InChI is InChI=1S/C19H27N5O3/c1-15-7-2-3-8-16(15)27-14-11-21-18(25)20-10-6-13-24-19(26)23-12-5-4-9-17(23)22-24/h2-3,7-8H,4-6,9-14H2,1H3,(H2,20,21,25). The van der Waals surface area contributed by atoms with Crippen molar-refractivity contribution in [2.75, 3.05) is 19.7 Å². The summed E-state index contributed by atoms with van der Waals surface area (Å²) in [6.45, 7) is 4.58. The Morgan fingerprint density at radius 3 is 2.85 bits per heavy atom. The number of rotatable bonds is 8. The smallest absolute Gasteiger partial charge is 0.345 e. The molecule has 27 heavy (non-hydrogen) atoms. The van der Waals surface area contributed by atoms with Gasteiger partial charge in [-0.1, -0.05) is 18.2 Å². The van der Waals surface area contributed by atoms with Crippen LogP contribution < -0.4 is 21.1 Å². The summed E-state index contributed by atoms with van der Waals surface area (Å²) < 4.78 is 8.90. The van der Waals surface area contributed by atoms with Gasteiger partial charge >= 0.3 is 11.7 Å². The van der Waals surface area contributed by atoms with Crippen molar-refractivity contribution in [2.45, 2.75) is 45.7 Å². The fourth-order valence-electron chi connectivity index (χ4n) is 3.13. The average molecular weight is 373 g/mol.